The summed E-state index contributed by atoms with van der Waals surface area (Å²) >= 11 is 0. The van der Waals surface area contributed by atoms with E-state index >= 15 is 0 Å². The van der Waals surface area contributed by atoms with Crippen LogP contribution in [0.2, 0.25) is 0 Å². The Hall–Kier alpha value is -2.82. The van der Waals surface area contributed by atoms with Gasteiger partial charge in [-0.2, -0.15) is 0 Å². The minimum atomic E-state index is -0.0471. The summed E-state index contributed by atoms with van der Waals surface area (Å²) in [4.78, 5) is 30.2. The molecule has 2 aromatic rings. The molecule has 174 valence electrons. The zero-order chi connectivity index (χ0) is 23.4. The molecule has 2 aliphatic heterocycles. The van der Waals surface area contributed by atoms with Crippen LogP contribution in [-0.4, -0.2) is 47.9 Å². The number of hydrogen-bond acceptors (Lipinski definition) is 3. The standard InChI is InChI=1S/C28H34N2O3/c1-27(2)14-22-15-28(3,17-27)18-30(22)25(31)21-10-8-19(9-11-21)16-29(4)26(32)23-7-5-6-20-12-13-33-24(20)23/h5-11,22H,12-18H2,1-4H3. The Morgan fingerprint density at radius 2 is 1.85 bits per heavy atom. The highest BCUT2D eigenvalue weighted by atomic mass is 16.5. The molecule has 1 saturated carbocycles. The molecular weight excluding hydrogens is 412 g/mol. The van der Waals surface area contributed by atoms with Crippen LogP contribution in [0.4, 0.5) is 0 Å². The Kier molecular flexibility index (Phi) is 5.26. The number of amides is 2. The van der Waals surface area contributed by atoms with Gasteiger partial charge in [0, 0.05) is 38.2 Å². The Morgan fingerprint density at radius 1 is 1.09 bits per heavy atom. The minimum absolute atomic E-state index is 0.0471. The second kappa shape index (κ2) is 7.89. The highest BCUT2D eigenvalue weighted by Gasteiger charge is 2.51. The number of benzene rings is 2. The molecule has 2 amide bonds. The molecule has 3 aliphatic rings. The summed E-state index contributed by atoms with van der Waals surface area (Å²) in [6.45, 7) is 8.95. The first kappa shape index (κ1) is 22.0. The quantitative estimate of drug-likeness (QED) is 0.669. The Balaban J connectivity index is 1.26. The van der Waals surface area contributed by atoms with Gasteiger partial charge in [0.1, 0.15) is 5.75 Å². The topological polar surface area (TPSA) is 49.9 Å². The van der Waals surface area contributed by atoms with Gasteiger partial charge in [0.05, 0.1) is 12.2 Å². The van der Waals surface area contributed by atoms with Gasteiger partial charge in [0.25, 0.3) is 11.8 Å². The summed E-state index contributed by atoms with van der Waals surface area (Å²) in [5.74, 6) is 0.812. The molecule has 5 heteroatoms. The van der Waals surface area contributed by atoms with Crippen molar-refractivity contribution in [1.29, 1.82) is 0 Å². The van der Waals surface area contributed by atoms with Crippen LogP contribution >= 0.6 is 0 Å². The van der Waals surface area contributed by atoms with Crippen molar-refractivity contribution in [1.82, 2.24) is 9.80 Å². The van der Waals surface area contributed by atoms with E-state index in [0.29, 0.717) is 24.8 Å². The van der Waals surface area contributed by atoms with Crippen LogP contribution < -0.4 is 4.74 Å². The van der Waals surface area contributed by atoms with E-state index in [4.69, 9.17) is 4.74 Å². The number of carbonyl (C=O) groups excluding carboxylic acids is 2. The van der Waals surface area contributed by atoms with Gasteiger partial charge in [0.15, 0.2) is 0 Å². The third-order valence-corrected chi connectivity index (χ3v) is 7.59. The van der Waals surface area contributed by atoms with Crippen molar-refractivity contribution in [3.8, 4) is 5.75 Å². The minimum Gasteiger partial charge on any atom is -0.492 e. The van der Waals surface area contributed by atoms with Gasteiger partial charge >= 0.3 is 0 Å². The normalized spacial score (nSPS) is 24.8. The van der Waals surface area contributed by atoms with Crippen molar-refractivity contribution in [2.45, 2.75) is 59.0 Å². The molecule has 2 fully saturated rings. The monoisotopic (exact) mass is 446 g/mol. The van der Waals surface area contributed by atoms with Crippen molar-refractivity contribution in [2.75, 3.05) is 20.2 Å². The van der Waals surface area contributed by atoms with E-state index in [-0.39, 0.29) is 22.6 Å². The van der Waals surface area contributed by atoms with Crippen LogP contribution in [0.15, 0.2) is 42.5 Å². The SMILES string of the molecule is CN(Cc1ccc(C(=O)N2CC3(C)CC2CC(C)(C)C3)cc1)C(=O)c1cccc2c1OCC2. The smallest absolute Gasteiger partial charge is 0.257 e. The third kappa shape index (κ3) is 4.14. The lowest BCUT2D eigenvalue weighted by Gasteiger charge is -2.39. The molecule has 2 atom stereocenters. The summed E-state index contributed by atoms with van der Waals surface area (Å²) in [5, 5.41) is 0. The highest BCUT2D eigenvalue weighted by molar-refractivity contribution is 5.97. The van der Waals surface area contributed by atoms with Crippen molar-refractivity contribution >= 4 is 11.8 Å². The van der Waals surface area contributed by atoms with Crippen molar-refractivity contribution in [2.24, 2.45) is 10.8 Å². The van der Waals surface area contributed by atoms with Gasteiger partial charge in [0.2, 0.25) is 0 Å². The molecule has 2 bridgehead atoms. The molecule has 1 saturated heterocycles. The number of ether oxygens (including phenoxy) is 1. The summed E-state index contributed by atoms with van der Waals surface area (Å²) in [6, 6.07) is 13.9. The summed E-state index contributed by atoms with van der Waals surface area (Å²) in [6.07, 6.45) is 4.21. The number of likely N-dealkylation sites (tertiary alicyclic amines) is 1. The Morgan fingerprint density at radius 3 is 2.61 bits per heavy atom. The molecule has 0 spiro atoms. The average molecular weight is 447 g/mol. The van der Waals surface area contributed by atoms with E-state index in [0.717, 1.165) is 48.2 Å². The second-order valence-electron chi connectivity index (χ2n) is 11.4. The number of nitrogens with zero attached hydrogens (tertiary/aromatic N) is 2. The Bertz CT molecular complexity index is 1090. The lowest BCUT2D eigenvalue weighted by Crippen LogP contribution is -2.37. The summed E-state index contributed by atoms with van der Waals surface area (Å²) in [7, 11) is 1.81. The van der Waals surface area contributed by atoms with Gasteiger partial charge < -0.3 is 14.5 Å². The predicted octanol–water partition coefficient (Wildman–Crippen LogP) is 4.93. The van der Waals surface area contributed by atoms with E-state index in [2.05, 4.69) is 25.7 Å². The highest BCUT2D eigenvalue weighted by Crippen LogP contribution is 2.52. The molecule has 0 radical (unpaired) electrons. The zero-order valence-electron chi connectivity index (χ0n) is 20.2. The van der Waals surface area contributed by atoms with E-state index in [9.17, 15) is 9.59 Å². The van der Waals surface area contributed by atoms with Crippen LogP contribution in [0.3, 0.4) is 0 Å². The van der Waals surface area contributed by atoms with Gasteiger partial charge in [-0.1, -0.05) is 45.0 Å². The predicted molar refractivity (Wildman–Crippen MR) is 128 cm³/mol. The lowest BCUT2D eigenvalue weighted by atomic mass is 9.65. The molecule has 2 unspecified atom stereocenters. The molecule has 33 heavy (non-hydrogen) atoms. The van der Waals surface area contributed by atoms with E-state index in [1.54, 1.807) is 4.90 Å². The zero-order valence-corrected chi connectivity index (χ0v) is 20.2. The summed E-state index contributed by atoms with van der Waals surface area (Å²) < 4.78 is 5.70. The fraction of sp³-hybridized carbons (Fsp3) is 0.500. The van der Waals surface area contributed by atoms with Gasteiger partial charge in [-0.15, -0.1) is 0 Å². The largest absolute Gasteiger partial charge is 0.492 e. The first-order chi connectivity index (χ1) is 15.6. The fourth-order valence-corrected chi connectivity index (χ4v) is 6.55. The molecular formula is C28H34N2O3. The van der Waals surface area contributed by atoms with E-state index < -0.39 is 0 Å². The van der Waals surface area contributed by atoms with Gasteiger partial charge in [-0.05, 0) is 59.4 Å². The lowest BCUT2D eigenvalue weighted by molar-refractivity contribution is 0.0706. The Labute approximate surface area is 196 Å². The maximum atomic E-state index is 13.3. The molecule has 1 aliphatic carbocycles. The molecule has 5 nitrogen and oxygen atoms in total. The number of carbonyl (C=O) groups is 2. The van der Waals surface area contributed by atoms with E-state index in [1.807, 2.05) is 49.5 Å². The van der Waals surface area contributed by atoms with Crippen LogP contribution in [0.1, 0.15) is 71.9 Å². The van der Waals surface area contributed by atoms with Crippen molar-refractivity contribution < 1.29 is 14.3 Å². The van der Waals surface area contributed by atoms with Crippen molar-refractivity contribution in [3.05, 3.63) is 64.7 Å². The maximum Gasteiger partial charge on any atom is 0.257 e. The maximum absolute atomic E-state index is 13.3. The molecule has 2 heterocycles. The van der Waals surface area contributed by atoms with Crippen LogP contribution in [0, 0.1) is 10.8 Å². The molecule has 5 rings (SSSR count). The number of para-hydroxylation sites is 1. The van der Waals surface area contributed by atoms with Crippen LogP contribution in [-0.2, 0) is 13.0 Å². The second-order valence-corrected chi connectivity index (χ2v) is 11.4. The number of fused-ring (bicyclic) bond motifs is 3. The van der Waals surface area contributed by atoms with Gasteiger partial charge in [-0.25, -0.2) is 0 Å². The summed E-state index contributed by atoms with van der Waals surface area (Å²) in [5.41, 5.74) is 3.97. The molecule has 2 aromatic carbocycles. The van der Waals surface area contributed by atoms with Crippen LogP contribution in [0.25, 0.3) is 0 Å². The first-order valence-corrected chi connectivity index (χ1v) is 12.0. The third-order valence-electron chi connectivity index (χ3n) is 7.59. The van der Waals surface area contributed by atoms with Crippen LogP contribution in [0.5, 0.6) is 5.75 Å². The number of hydrogen-bond donors (Lipinski definition) is 0. The van der Waals surface area contributed by atoms with E-state index in [1.165, 1.54) is 6.42 Å². The molecule has 0 aromatic heterocycles. The fourth-order valence-electron chi connectivity index (χ4n) is 6.55. The molecule has 0 N–H and O–H groups in total. The first-order valence-electron chi connectivity index (χ1n) is 12.0. The van der Waals surface area contributed by atoms with Gasteiger partial charge in [-0.3, -0.25) is 9.59 Å². The van der Waals surface area contributed by atoms with Crippen molar-refractivity contribution in [3.63, 3.8) is 0 Å². The average Bonchev–Trinajstić information content (AvgIpc) is 3.34. The number of rotatable bonds is 4.